The Bertz CT molecular complexity index is 69.9. The molecule has 0 saturated heterocycles. The molecule has 0 saturated carbocycles. The SMILES string of the molecule is CC(C)(F)COCCCl. The summed E-state index contributed by atoms with van der Waals surface area (Å²) in [6.07, 6.45) is 0. The zero-order valence-electron chi connectivity index (χ0n) is 5.79. The lowest BCUT2D eigenvalue weighted by Crippen LogP contribution is -2.20. The van der Waals surface area contributed by atoms with E-state index in [1.165, 1.54) is 13.8 Å². The van der Waals surface area contributed by atoms with E-state index < -0.39 is 5.67 Å². The Morgan fingerprint density at radius 3 is 2.44 bits per heavy atom. The van der Waals surface area contributed by atoms with Crippen molar-refractivity contribution in [2.45, 2.75) is 19.5 Å². The largest absolute Gasteiger partial charge is 0.377 e. The quantitative estimate of drug-likeness (QED) is 0.445. The third kappa shape index (κ3) is 8.18. The van der Waals surface area contributed by atoms with Gasteiger partial charge in [0, 0.05) is 5.88 Å². The van der Waals surface area contributed by atoms with Crippen molar-refractivity contribution in [3.8, 4) is 0 Å². The Hall–Kier alpha value is 0.180. The Kier molecular flexibility index (Phi) is 4.15. The molecule has 1 nitrogen and oxygen atoms in total. The van der Waals surface area contributed by atoms with E-state index in [9.17, 15) is 4.39 Å². The maximum atomic E-state index is 12.5. The first kappa shape index (κ1) is 9.18. The first-order chi connectivity index (χ1) is 4.06. The van der Waals surface area contributed by atoms with Crippen molar-refractivity contribution in [3.05, 3.63) is 0 Å². The molecule has 0 aromatic carbocycles. The van der Waals surface area contributed by atoms with E-state index in [-0.39, 0.29) is 6.61 Å². The van der Waals surface area contributed by atoms with Crippen LogP contribution in [0.25, 0.3) is 0 Å². The molecular formula is C6H12ClFO. The lowest BCUT2D eigenvalue weighted by Gasteiger charge is -2.12. The Labute approximate surface area is 60.1 Å². The molecule has 0 heterocycles. The molecule has 0 rings (SSSR count). The molecule has 0 aliphatic carbocycles. The number of ether oxygens (including phenoxy) is 1. The molecule has 0 aliphatic rings. The van der Waals surface area contributed by atoms with Crippen LogP contribution in [0.5, 0.6) is 0 Å². The minimum absolute atomic E-state index is 0.125. The highest BCUT2D eigenvalue weighted by atomic mass is 35.5. The van der Waals surface area contributed by atoms with Crippen molar-refractivity contribution < 1.29 is 9.13 Å². The number of alkyl halides is 2. The van der Waals surface area contributed by atoms with E-state index in [2.05, 4.69) is 0 Å². The molecule has 0 aromatic heterocycles. The van der Waals surface area contributed by atoms with Gasteiger partial charge in [0.15, 0.2) is 0 Å². The van der Waals surface area contributed by atoms with Gasteiger partial charge in [-0.15, -0.1) is 11.6 Å². The van der Waals surface area contributed by atoms with Crippen LogP contribution in [0, 0.1) is 0 Å². The minimum Gasteiger partial charge on any atom is -0.377 e. The van der Waals surface area contributed by atoms with Crippen molar-refractivity contribution in [2.24, 2.45) is 0 Å². The lowest BCUT2D eigenvalue weighted by atomic mass is 10.2. The van der Waals surface area contributed by atoms with Gasteiger partial charge in [-0.1, -0.05) is 0 Å². The zero-order chi connectivity index (χ0) is 7.33. The van der Waals surface area contributed by atoms with E-state index in [4.69, 9.17) is 16.3 Å². The molecule has 3 heteroatoms. The molecular weight excluding hydrogens is 143 g/mol. The molecule has 0 N–H and O–H groups in total. The monoisotopic (exact) mass is 154 g/mol. The Balaban J connectivity index is 3.07. The smallest absolute Gasteiger partial charge is 0.128 e. The highest BCUT2D eigenvalue weighted by Crippen LogP contribution is 2.07. The Morgan fingerprint density at radius 1 is 1.56 bits per heavy atom. The van der Waals surface area contributed by atoms with Gasteiger partial charge in [-0.2, -0.15) is 0 Å². The molecule has 0 amide bonds. The van der Waals surface area contributed by atoms with Crippen LogP contribution in [0.2, 0.25) is 0 Å². The fourth-order valence-electron chi connectivity index (χ4n) is 0.369. The van der Waals surface area contributed by atoms with Gasteiger partial charge in [-0.05, 0) is 13.8 Å². The topological polar surface area (TPSA) is 9.23 Å². The van der Waals surface area contributed by atoms with E-state index in [0.717, 1.165) is 0 Å². The van der Waals surface area contributed by atoms with Gasteiger partial charge in [0.25, 0.3) is 0 Å². The standard InChI is InChI=1S/C6H12ClFO/c1-6(2,8)5-9-4-3-7/h3-5H2,1-2H3. The predicted octanol–water partition coefficient (Wildman–Crippen LogP) is 1.99. The molecule has 56 valence electrons. The van der Waals surface area contributed by atoms with Crippen molar-refractivity contribution in [1.82, 2.24) is 0 Å². The van der Waals surface area contributed by atoms with Crippen molar-refractivity contribution >= 4 is 11.6 Å². The van der Waals surface area contributed by atoms with Crippen molar-refractivity contribution in [2.75, 3.05) is 19.1 Å². The predicted molar refractivity (Wildman–Crippen MR) is 36.7 cm³/mol. The van der Waals surface area contributed by atoms with Gasteiger partial charge in [0.05, 0.1) is 13.2 Å². The van der Waals surface area contributed by atoms with Crippen LogP contribution in [0.4, 0.5) is 4.39 Å². The summed E-state index contributed by atoms with van der Waals surface area (Å²) in [5.41, 5.74) is -1.23. The Morgan fingerprint density at radius 2 is 2.11 bits per heavy atom. The first-order valence-corrected chi connectivity index (χ1v) is 3.42. The third-order valence-corrected chi connectivity index (χ3v) is 0.821. The summed E-state index contributed by atoms with van der Waals surface area (Å²) >= 11 is 5.28. The molecule has 0 radical (unpaired) electrons. The lowest BCUT2D eigenvalue weighted by molar-refractivity contribution is 0.0443. The summed E-state index contributed by atoms with van der Waals surface area (Å²) < 4.78 is 17.4. The van der Waals surface area contributed by atoms with Gasteiger partial charge in [-0.3, -0.25) is 0 Å². The van der Waals surface area contributed by atoms with E-state index in [0.29, 0.717) is 12.5 Å². The van der Waals surface area contributed by atoms with Crippen LogP contribution in [-0.2, 0) is 4.74 Å². The molecule has 0 aromatic rings. The average Bonchev–Trinajstić information content (AvgIpc) is 1.63. The van der Waals surface area contributed by atoms with E-state index in [1.54, 1.807) is 0 Å². The van der Waals surface area contributed by atoms with Crippen LogP contribution in [0.1, 0.15) is 13.8 Å². The van der Waals surface area contributed by atoms with Crippen LogP contribution in [-0.4, -0.2) is 24.8 Å². The van der Waals surface area contributed by atoms with Crippen LogP contribution in [0.3, 0.4) is 0 Å². The molecule has 0 spiro atoms. The summed E-state index contributed by atoms with van der Waals surface area (Å²) in [6, 6.07) is 0. The number of hydrogen-bond acceptors (Lipinski definition) is 1. The highest BCUT2D eigenvalue weighted by molar-refractivity contribution is 6.17. The van der Waals surface area contributed by atoms with Gasteiger partial charge in [0.2, 0.25) is 0 Å². The van der Waals surface area contributed by atoms with Crippen LogP contribution >= 0.6 is 11.6 Å². The highest BCUT2D eigenvalue weighted by Gasteiger charge is 2.14. The third-order valence-electron chi connectivity index (χ3n) is 0.667. The second-order valence-electron chi connectivity index (χ2n) is 2.46. The zero-order valence-corrected chi connectivity index (χ0v) is 6.54. The van der Waals surface area contributed by atoms with Gasteiger partial charge >= 0.3 is 0 Å². The fraction of sp³-hybridized carbons (Fsp3) is 1.00. The molecule has 0 unspecified atom stereocenters. The molecule has 0 bridgehead atoms. The number of hydrogen-bond donors (Lipinski definition) is 0. The molecule has 0 atom stereocenters. The summed E-state index contributed by atoms with van der Waals surface area (Å²) in [4.78, 5) is 0. The summed E-state index contributed by atoms with van der Waals surface area (Å²) in [5.74, 6) is 0.427. The van der Waals surface area contributed by atoms with Crippen LogP contribution in [0.15, 0.2) is 0 Å². The van der Waals surface area contributed by atoms with Gasteiger partial charge in [-0.25, -0.2) is 4.39 Å². The van der Waals surface area contributed by atoms with Gasteiger partial charge in [0.1, 0.15) is 5.67 Å². The average molecular weight is 155 g/mol. The van der Waals surface area contributed by atoms with E-state index in [1.807, 2.05) is 0 Å². The number of rotatable bonds is 4. The van der Waals surface area contributed by atoms with Crippen LogP contribution < -0.4 is 0 Å². The van der Waals surface area contributed by atoms with Crippen molar-refractivity contribution in [3.63, 3.8) is 0 Å². The first-order valence-electron chi connectivity index (χ1n) is 2.89. The number of halogens is 2. The maximum absolute atomic E-state index is 12.5. The second-order valence-corrected chi connectivity index (χ2v) is 2.84. The molecule has 0 fully saturated rings. The second kappa shape index (κ2) is 4.07. The molecule has 0 aliphatic heterocycles. The fourth-order valence-corrected chi connectivity index (χ4v) is 0.479. The summed E-state index contributed by atoms with van der Waals surface area (Å²) in [7, 11) is 0. The van der Waals surface area contributed by atoms with E-state index >= 15 is 0 Å². The summed E-state index contributed by atoms with van der Waals surface area (Å²) in [5, 5.41) is 0. The normalized spacial score (nSPS) is 12.0. The molecule has 9 heavy (non-hydrogen) atoms. The summed E-state index contributed by atoms with van der Waals surface area (Å²) in [6.45, 7) is 3.50. The van der Waals surface area contributed by atoms with Crippen molar-refractivity contribution in [1.29, 1.82) is 0 Å². The minimum atomic E-state index is -1.23. The maximum Gasteiger partial charge on any atom is 0.128 e. The van der Waals surface area contributed by atoms with Gasteiger partial charge < -0.3 is 4.74 Å².